The maximum atomic E-state index is 14.0. The van der Waals surface area contributed by atoms with Crippen molar-refractivity contribution in [3.05, 3.63) is 64.7 Å². The lowest BCUT2D eigenvalue weighted by Gasteiger charge is -2.39. The molecule has 2 aromatic carbocycles. The molecule has 2 aliphatic rings. The summed E-state index contributed by atoms with van der Waals surface area (Å²) in [4.78, 5) is 18.4. The Labute approximate surface area is 173 Å². The number of nitrogens with zero attached hydrogens (tertiary/aromatic N) is 3. The molecule has 1 amide bonds. The SMILES string of the molecule is O=C(c1ccc(Cl)cc1)N1C[C@@H](O)[C@H](N2CCN(c3ccc(F)cc3F)CC2)C1. The van der Waals surface area contributed by atoms with Crippen LogP contribution in [0.15, 0.2) is 42.5 Å². The molecule has 2 aromatic rings. The van der Waals surface area contributed by atoms with Crippen LogP contribution >= 0.6 is 11.6 Å². The zero-order valence-electron chi connectivity index (χ0n) is 15.8. The van der Waals surface area contributed by atoms with Gasteiger partial charge in [0, 0.05) is 55.9 Å². The average molecular weight is 422 g/mol. The van der Waals surface area contributed by atoms with Crippen LogP contribution in [-0.2, 0) is 0 Å². The van der Waals surface area contributed by atoms with Crippen LogP contribution in [0.25, 0.3) is 0 Å². The van der Waals surface area contributed by atoms with Crippen LogP contribution in [0.1, 0.15) is 10.4 Å². The summed E-state index contributed by atoms with van der Waals surface area (Å²) < 4.78 is 27.2. The lowest BCUT2D eigenvalue weighted by atomic mass is 10.1. The van der Waals surface area contributed by atoms with Gasteiger partial charge in [0.1, 0.15) is 11.6 Å². The van der Waals surface area contributed by atoms with Gasteiger partial charge in [0.2, 0.25) is 0 Å². The predicted molar refractivity (Wildman–Crippen MR) is 107 cm³/mol. The minimum atomic E-state index is -0.639. The second kappa shape index (κ2) is 8.26. The first-order chi connectivity index (χ1) is 13.9. The Hall–Kier alpha value is -2.22. The van der Waals surface area contributed by atoms with Gasteiger partial charge in [-0.15, -0.1) is 0 Å². The number of likely N-dealkylation sites (tertiary alicyclic amines) is 1. The lowest BCUT2D eigenvalue weighted by Crippen LogP contribution is -2.54. The van der Waals surface area contributed by atoms with Gasteiger partial charge in [-0.2, -0.15) is 0 Å². The van der Waals surface area contributed by atoms with Gasteiger partial charge in [-0.3, -0.25) is 9.69 Å². The van der Waals surface area contributed by atoms with Gasteiger partial charge in [-0.25, -0.2) is 8.78 Å². The number of piperazine rings is 1. The number of anilines is 1. The number of carbonyl (C=O) groups is 1. The molecule has 8 heteroatoms. The van der Waals surface area contributed by atoms with E-state index in [1.54, 1.807) is 29.2 Å². The topological polar surface area (TPSA) is 47.0 Å². The van der Waals surface area contributed by atoms with Crippen molar-refractivity contribution in [2.45, 2.75) is 12.1 Å². The number of carbonyl (C=O) groups excluding carboxylic acids is 1. The summed E-state index contributed by atoms with van der Waals surface area (Å²) in [6.45, 7) is 3.10. The van der Waals surface area contributed by atoms with E-state index in [1.807, 2.05) is 4.90 Å². The Balaban J connectivity index is 1.37. The van der Waals surface area contributed by atoms with E-state index in [1.165, 1.54) is 12.1 Å². The van der Waals surface area contributed by atoms with Crippen molar-refractivity contribution in [3.8, 4) is 0 Å². The molecule has 2 aliphatic heterocycles. The van der Waals surface area contributed by atoms with Crippen LogP contribution in [0.2, 0.25) is 5.02 Å². The summed E-state index contributed by atoms with van der Waals surface area (Å²) in [5.74, 6) is -1.29. The van der Waals surface area contributed by atoms with Crippen molar-refractivity contribution >= 4 is 23.2 Å². The summed E-state index contributed by atoms with van der Waals surface area (Å²) in [6.07, 6.45) is -0.639. The highest BCUT2D eigenvalue weighted by atomic mass is 35.5. The molecule has 1 N–H and O–H groups in total. The molecule has 29 heavy (non-hydrogen) atoms. The van der Waals surface area contributed by atoms with Crippen LogP contribution in [-0.4, -0.2) is 72.2 Å². The zero-order valence-corrected chi connectivity index (χ0v) is 16.5. The first kappa shape index (κ1) is 20.1. The standard InChI is InChI=1S/C21H22ClF2N3O2/c22-15-3-1-14(2-4-15)21(29)27-12-19(20(28)13-27)26-9-7-25(8-10-26)18-6-5-16(23)11-17(18)24/h1-6,11,19-20,28H,7-10,12-13H2/t19-,20-/m1/s1. The third-order valence-corrected chi connectivity index (χ3v) is 5.92. The fourth-order valence-corrected chi connectivity index (χ4v) is 4.23. The Morgan fingerprint density at radius 1 is 1.00 bits per heavy atom. The number of rotatable bonds is 3. The van der Waals surface area contributed by atoms with Gasteiger partial charge in [0.05, 0.1) is 17.8 Å². The van der Waals surface area contributed by atoms with Crippen LogP contribution in [0.3, 0.4) is 0 Å². The van der Waals surface area contributed by atoms with Crippen LogP contribution in [0.5, 0.6) is 0 Å². The number of amides is 1. The number of β-amino-alcohol motifs (C(OH)–C–C–N with tert-alkyl or cyclic N) is 1. The van der Waals surface area contributed by atoms with E-state index >= 15 is 0 Å². The first-order valence-electron chi connectivity index (χ1n) is 9.59. The van der Waals surface area contributed by atoms with Crippen LogP contribution in [0.4, 0.5) is 14.5 Å². The lowest BCUT2D eigenvalue weighted by molar-refractivity contribution is 0.0754. The fraction of sp³-hybridized carbons (Fsp3) is 0.381. The molecule has 0 spiro atoms. The minimum Gasteiger partial charge on any atom is -0.390 e. The molecule has 2 saturated heterocycles. The van der Waals surface area contributed by atoms with Gasteiger partial charge in [-0.1, -0.05) is 11.6 Å². The number of aliphatic hydroxyl groups excluding tert-OH is 1. The molecular weight excluding hydrogens is 400 g/mol. The molecule has 5 nitrogen and oxygen atoms in total. The van der Waals surface area contributed by atoms with Gasteiger partial charge in [0.25, 0.3) is 5.91 Å². The highest BCUT2D eigenvalue weighted by molar-refractivity contribution is 6.30. The number of aliphatic hydroxyl groups is 1. The Morgan fingerprint density at radius 3 is 2.34 bits per heavy atom. The minimum absolute atomic E-state index is 0.129. The molecule has 2 atom stereocenters. The molecule has 0 bridgehead atoms. The number of hydrogen-bond donors (Lipinski definition) is 1. The largest absolute Gasteiger partial charge is 0.390 e. The van der Waals surface area contributed by atoms with Crippen LogP contribution in [0, 0.1) is 11.6 Å². The molecule has 0 aromatic heterocycles. The van der Waals surface area contributed by atoms with Crippen molar-refractivity contribution in [3.63, 3.8) is 0 Å². The Kier molecular flexibility index (Phi) is 5.72. The second-order valence-corrected chi connectivity index (χ2v) is 7.91. The molecule has 2 fully saturated rings. The molecule has 0 saturated carbocycles. The van der Waals surface area contributed by atoms with E-state index in [0.29, 0.717) is 49.0 Å². The number of benzene rings is 2. The van der Waals surface area contributed by atoms with Crippen molar-refractivity contribution in [1.82, 2.24) is 9.80 Å². The molecular formula is C21H22ClF2N3O2. The van der Waals surface area contributed by atoms with Crippen molar-refractivity contribution in [1.29, 1.82) is 0 Å². The van der Waals surface area contributed by atoms with Crippen molar-refractivity contribution in [2.75, 3.05) is 44.2 Å². The Bertz CT molecular complexity index is 888. The van der Waals surface area contributed by atoms with E-state index in [9.17, 15) is 18.7 Å². The van der Waals surface area contributed by atoms with E-state index < -0.39 is 17.7 Å². The van der Waals surface area contributed by atoms with E-state index in [4.69, 9.17) is 11.6 Å². The quantitative estimate of drug-likeness (QED) is 0.827. The summed E-state index contributed by atoms with van der Waals surface area (Å²) in [6, 6.07) is 10.2. The molecule has 0 unspecified atom stereocenters. The van der Waals surface area contributed by atoms with Crippen molar-refractivity contribution < 1.29 is 18.7 Å². The third kappa shape index (κ3) is 4.22. The highest BCUT2D eigenvalue weighted by Crippen LogP contribution is 2.25. The number of hydrogen-bond acceptors (Lipinski definition) is 4. The molecule has 4 rings (SSSR count). The maximum absolute atomic E-state index is 14.0. The van der Waals surface area contributed by atoms with Gasteiger partial charge < -0.3 is 14.9 Å². The summed E-state index contributed by atoms with van der Waals surface area (Å²) in [5, 5.41) is 11.1. The highest BCUT2D eigenvalue weighted by Gasteiger charge is 2.39. The summed E-state index contributed by atoms with van der Waals surface area (Å²) in [7, 11) is 0. The first-order valence-corrected chi connectivity index (χ1v) is 9.97. The summed E-state index contributed by atoms with van der Waals surface area (Å²) in [5.41, 5.74) is 0.927. The smallest absolute Gasteiger partial charge is 0.253 e. The van der Waals surface area contributed by atoms with E-state index in [2.05, 4.69) is 4.90 Å². The van der Waals surface area contributed by atoms with Gasteiger partial charge in [-0.05, 0) is 36.4 Å². The molecule has 154 valence electrons. The Morgan fingerprint density at radius 2 is 1.69 bits per heavy atom. The summed E-state index contributed by atoms with van der Waals surface area (Å²) >= 11 is 5.88. The van der Waals surface area contributed by atoms with Gasteiger partial charge >= 0.3 is 0 Å². The van der Waals surface area contributed by atoms with Crippen LogP contribution < -0.4 is 4.90 Å². The molecule has 2 heterocycles. The average Bonchev–Trinajstić information content (AvgIpc) is 3.10. The predicted octanol–water partition coefficient (Wildman–Crippen LogP) is 2.63. The molecule has 0 aliphatic carbocycles. The van der Waals surface area contributed by atoms with Crippen molar-refractivity contribution in [2.24, 2.45) is 0 Å². The fourth-order valence-electron chi connectivity index (χ4n) is 4.10. The van der Waals surface area contributed by atoms with Gasteiger partial charge in [0.15, 0.2) is 0 Å². The third-order valence-electron chi connectivity index (χ3n) is 5.67. The second-order valence-electron chi connectivity index (χ2n) is 7.47. The maximum Gasteiger partial charge on any atom is 0.253 e. The molecule has 0 radical (unpaired) electrons. The zero-order chi connectivity index (χ0) is 20.5. The monoisotopic (exact) mass is 421 g/mol. The normalized spacial score (nSPS) is 22.9. The van der Waals surface area contributed by atoms with E-state index in [0.717, 1.165) is 6.07 Å². The number of halogens is 3. The van der Waals surface area contributed by atoms with E-state index in [-0.39, 0.29) is 18.5 Å².